The summed E-state index contributed by atoms with van der Waals surface area (Å²) in [5, 5.41) is 0. The Hall–Kier alpha value is -1.99. The Labute approximate surface area is 165 Å². The van der Waals surface area contributed by atoms with Crippen molar-refractivity contribution in [3.63, 3.8) is 0 Å². The zero-order valence-corrected chi connectivity index (χ0v) is 16.4. The Bertz CT molecular complexity index is 676. The fourth-order valence-corrected chi connectivity index (χ4v) is 3.92. The Morgan fingerprint density at radius 2 is 2.00 bits per heavy atom. The second-order valence-corrected chi connectivity index (χ2v) is 7.53. The molecule has 3 rings (SSSR count). The zero-order chi connectivity index (χ0) is 19.9. The molecule has 0 N–H and O–H groups in total. The molecule has 6 nitrogen and oxygen atoms in total. The number of methoxy groups -OCH3 is 1. The van der Waals surface area contributed by atoms with Gasteiger partial charge in [-0.2, -0.15) is 0 Å². The third-order valence-corrected chi connectivity index (χ3v) is 5.51. The molecule has 1 aromatic carbocycles. The van der Waals surface area contributed by atoms with E-state index in [2.05, 4.69) is 0 Å². The van der Waals surface area contributed by atoms with Crippen LogP contribution in [0.5, 0.6) is 0 Å². The summed E-state index contributed by atoms with van der Waals surface area (Å²) in [4.78, 5) is 28.8. The highest BCUT2D eigenvalue weighted by molar-refractivity contribution is 5.84. The lowest BCUT2D eigenvalue weighted by Gasteiger charge is -2.37. The summed E-state index contributed by atoms with van der Waals surface area (Å²) < 4.78 is 24.2. The summed E-state index contributed by atoms with van der Waals surface area (Å²) >= 11 is 0. The van der Waals surface area contributed by atoms with E-state index < -0.39 is 0 Å². The summed E-state index contributed by atoms with van der Waals surface area (Å²) in [6.07, 6.45) is 2.78. The van der Waals surface area contributed by atoms with Gasteiger partial charge in [-0.25, -0.2) is 4.39 Å². The van der Waals surface area contributed by atoms with Gasteiger partial charge in [0.2, 0.25) is 11.8 Å². The minimum atomic E-state index is -0.315. The van der Waals surface area contributed by atoms with Crippen molar-refractivity contribution in [2.24, 2.45) is 5.92 Å². The first kappa shape index (κ1) is 20.7. The van der Waals surface area contributed by atoms with Crippen LogP contribution in [-0.2, 0) is 25.6 Å². The van der Waals surface area contributed by atoms with E-state index in [-0.39, 0.29) is 29.7 Å². The molecule has 1 atom stereocenters. The number of hydrogen-bond acceptors (Lipinski definition) is 4. The summed E-state index contributed by atoms with van der Waals surface area (Å²) in [5.41, 5.74) is 0.746. The van der Waals surface area contributed by atoms with Gasteiger partial charge in [0.25, 0.3) is 0 Å². The Morgan fingerprint density at radius 1 is 1.21 bits per heavy atom. The van der Waals surface area contributed by atoms with Crippen molar-refractivity contribution in [3.8, 4) is 0 Å². The molecule has 28 heavy (non-hydrogen) atoms. The lowest BCUT2D eigenvalue weighted by Crippen LogP contribution is -2.49. The van der Waals surface area contributed by atoms with Gasteiger partial charge in [-0.1, -0.05) is 12.1 Å². The average molecular weight is 392 g/mol. The number of ether oxygens (including phenoxy) is 2. The van der Waals surface area contributed by atoms with Crippen LogP contribution in [0.1, 0.15) is 31.2 Å². The monoisotopic (exact) mass is 392 g/mol. The van der Waals surface area contributed by atoms with Crippen molar-refractivity contribution in [2.75, 3.05) is 40.0 Å². The predicted molar refractivity (Wildman–Crippen MR) is 102 cm³/mol. The van der Waals surface area contributed by atoms with Crippen molar-refractivity contribution in [1.82, 2.24) is 9.80 Å². The standard InChI is InChI=1S/C21H29FN2O4/c1-27-11-12-28-19-7-9-23(10-8-19)21(26)17-5-6-20(25)24(15-17)14-16-3-2-4-18(22)13-16/h2-4,13,17,19H,5-12,14-15H2,1H3/t17-/m0/s1. The lowest BCUT2D eigenvalue weighted by molar-refractivity contribution is -0.145. The van der Waals surface area contributed by atoms with E-state index in [0.717, 1.165) is 18.4 Å². The summed E-state index contributed by atoms with van der Waals surface area (Å²) in [7, 11) is 1.65. The van der Waals surface area contributed by atoms with Gasteiger partial charge in [0, 0.05) is 39.7 Å². The highest BCUT2D eigenvalue weighted by Crippen LogP contribution is 2.24. The molecule has 0 aromatic heterocycles. The van der Waals surface area contributed by atoms with Gasteiger partial charge in [0.05, 0.1) is 25.2 Å². The smallest absolute Gasteiger partial charge is 0.227 e. The van der Waals surface area contributed by atoms with Gasteiger partial charge in [0.15, 0.2) is 0 Å². The number of amides is 2. The van der Waals surface area contributed by atoms with Crippen LogP contribution in [0.25, 0.3) is 0 Å². The van der Waals surface area contributed by atoms with Crippen molar-refractivity contribution < 1.29 is 23.5 Å². The molecular formula is C21H29FN2O4. The Morgan fingerprint density at radius 3 is 2.71 bits per heavy atom. The van der Waals surface area contributed by atoms with Crippen molar-refractivity contribution in [3.05, 3.63) is 35.6 Å². The maximum atomic E-state index is 13.4. The molecule has 154 valence electrons. The van der Waals surface area contributed by atoms with E-state index in [4.69, 9.17) is 9.47 Å². The number of piperidine rings is 2. The quantitative estimate of drug-likeness (QED) is 0.668. The predicted octanol–water partition coefficient (Wildman–Crippen LogP) is 2.22. The zero-order valence-electron chi connectivity index (χ0n) is 16.4. The number of halogens is 1. The molecule has 2 saturated heterocycles. The number of nitrogens with zero attached hydrogens (tertiary/aromatic N) is 2. The van der Waals surface area contributed by atoms with Crippen LogP contribution in [0.15, 0.2) is 24.3 Å². The molecule has 1 aromatic rings. The van der Waals surface area contributed by atoms with Crippen molar-refractivity contribution in [2.45, 2.75) is 38.3 Å². The molecular weight excluding hydrogens is 363 g/mol. The van der Waals surface area contributed by atoms with Crippen LogP contribution in [0.3, 0.4) is 0 Å². The molecule has 2 heterocycles. The van der Waals surface area contributed by atoms with Crippen LogP contribution in [0.4, 0.5) is 4.39 Å². The van der Waals surface area contributed by atoms with E-state index in [1.54, 1.807) is 24.1 Å². The van der Waals surface area contributed by atoms with Crippen LogP contribution in [0, 0.1) is 11.7 Å². The number of hydrogen-bond donors (Lipinski definition) is 0. The normalized spacial score (nSPS) is 21.2. The number of carbonyl (C=O) groups is 2. The lowest BCUT2D eigenvalue weighted by atomic mass is 9.94. The number of carbonyl (C=O) groups excluding carboxylic acids is 2. The number of benzene rings is 1. The van der Waals surface area contributed by atoms with Gasteiger partial charge in [-0.15, -0.1) is 0 Å². The van der Waals surface area contributed by atoms with Gasteiger partial charge in [0.1, 0.15) is 5.82 Å². The second kappa shape index (κ2) is 9.98. The molecule has 2 aliphatic rings. The van der Waals surface area contributed by atoms with Crippen LogP contribution in [0.2, 0.25) is 0 Å². The van der Waals surface area contributed by atoms with E-state index in [0.29, 0.717) is 52.2 Å². The fourth-order valence-electron chi connectivity index (χ4n) is 3.92. The fraction of sp³-hybridized carbons (Fsp3) is 0.619. The Kier molecular flexibility index (Phi) is 7.39. The summed E-state index contributed by atoms with van der Waals surface area (Å²) in [5.74, 6) is -0.354. The average Bonchev–Trinajstić information content (AvgIpc) is 2.70. The molecule has 2 fully saturated rings. The Balaban J connectivity index is 1.51. The first-order valence-electron chi connectivity index (χ1n) is 9.98. The van der Waals surface area contributed by atoms with Gasteiger partial charge >= 0.3 is 0 Å². The second-order valence-electron chi connectivity index (χ2n) is 7.53. The van der Waals surface area contributed by atoms with Crippen LogP contribution in [-0.4, -0.2) is 67.7 Å². The third-order valence-electron chi connectivity index (χ3n) is 5.51. The molecule has 0 bridgehead atoms. The van der Waals surface area contributed by atoms with Gasteiger partial charge in [-0.05, 0) is 37.0 Å². The first-order valence-corrected chi connectivity index (χ1v) is 9.98. The first-order chi connectivity index (χ1) is 13.6. The molecule has 2 amide bonds. The number of rotatable bonds is 7. The van der Waals surface area contributed by atoms with Gasteiger partial charge < -0.3 is 19.3 Å². The number of likely N-dealkylation sites (tertiary alicyclic amines) is 2. The van der Waals surface area contributed by atoms with E-state index in [1.165, 1.54) is 12.1 Å². The summed E-state index contributed by atoms with van der Waals surface area (Å²) in [6.45, 7) is 3.27. The maximum absolute atomic E-state index is 13.4. The molecule has 2 aliphatic heterocycles. The topological polar surface area (TPSA) is 59.1 Å². The molecule has 0 aliphatic carbocycles. The SMILES string of the molecule is COCCOC1CCN(C(=O)[C@H]2CCC(=O)N(Cc3cccc(F)c3)C2)CC1. The van der Waals surface area contributed by atoms with E-state index in [9.17, 15) is 14.0 Å². The van der Waals surface area contributed by atoms with E-state index >= 15 is 0 Å². The minimum Gasteiger partial charge on any atom is -0.382 e. The molecule has 0 radical (unpaired) electrons. The molecule has 7 heteroatoms. The molecule has 0 spiro atoms. The minimum absolute atomic E-state index is 0.0264. The third kappa shape index (κ3) is 5.52. The van der Waals surface area contributed by atoms with Crippen molar-refractivity contribution >= 4 is 11.8 Å². The maximum Gasteiger partial charge on any atom is 0.227 e. The molecule has 0 unspecified atom stereocenters. The highest BCUT2D eigenvalue weighted by atomic mass is 19.1. The van der Waals surface area contributed by atoms with E-state index in [1.807, 2.05) is 4.90 Å². The van der Waals surface area contributed by atoms with Crippen molar-refractivity contribution in [1.29, 1.82) is 0 Å². The van der Waals surface area contributed by atoms with Crippen LogP contribution >= 0.6 is 0 Å². The largest absolute Gasteiger partial charge is 0.382 e. The highest BCUT2D eigenvalue weighted by Gasteiger charge is 2.34. The van der Waals surface area contributed by atoms with Gasteiger partial charge in [-0.3, -0.25) is 9.59 Å². The molecule has 0 saturated carbocycles. The summed E-state index contributed by atoms with van der Waals surface area (Å²) in [6, 6.07) is 6.26. The van der Waals surface area contributed by atoms with Crippen LogP contribution < -0.4 is 0 Å².